The van der Waals surface area contributed by atoms with Crippen LogP contribution in [0.2, 0.25) is 0 Å². The molecule has 2 atom stereocenters. The number of hydrogen-bond donors (Lipinski definition) is 1. The van der Waals surface area contributed by atoms with E-state index in [9.17, 15) is 8.42 Å². The number of nitrogens with zero attached hydrogens (tertiary/aromatic N) is 1. The minimum Gasteiger partial charge on any atom is -0.216 e. The lowest BCUT2D eigenvalue weighted by Gasteiger charge is -2.34. The minimum absolute atomic E-state index is 0.0659. The van der Waals surface area contributed by atoms with E-state index in [0.29, 0.717) is 12.5 Å². The van der Waals surface area contributed by atoms with Crippen LogP contribution in [-0.4, -0.2) is 25.3 Å². The summed E-state index contributed by atoms with van der Waals surface area (Å²) in [7, 11) is -3.47. The van der Waals surface area contributed by atoms with Gasteiger partial charge in [-0.2, -0.15) is 12.7 Å². The van der Waals surface area contributed by atoms with Crippen molar-refractivity contribution in [3.63, 3.8) is 0 Å². The van der Waals surface area contributed by atoms with E-state index in [0.717, 1.165) is 12.8 Å². The fourth-order valence-electron chi connectivity index (χ4n) is 1.60. The number of rotatable bonds is 1. The standard InChI is InChI=1S/C7H16N2O2S/c1-6-3-4-7(2)9(5-6)12(8,10)11/h6-7H,3-5H2,1-2H3,(H2,8,10,11)/t6-,7+/m0/s1. The van der Waals surface area contributed by atoms with Crippen LogP contribution >= 0.6 is 0 Å². The Balaban J connectivity index is 2.74. The molecule has 0 radical (unpaired) electrons. The zero-order valence-electron chi connectivity index (χ0n) is 7.53. The van der Waals surface area contributed by atoms with Gasteiger partial charge in [0.15, 0.2) is 0 Å². The summed E-state index contributed by atoms with van der Waals surface area (Å²) >= 11 is 0. The van der Waals surface area contributed by atoms with Crippen LogP contribution in [0.1, 0.15) is 26.7 Å². The second-order valence-electron chi connectivity index (χ2n) is 3.65. The van der Waals surface area contributed by atoms with Crippen LogP contribution in [0.5, 0.6) is 0 Å². The SMILES string of the molecule is C[C@H]1CC[C@@H](C)N(S(N)(=O)=O)C1. The van der Waals surface area contributed by atoms with E-state index in [1.807, 2.05) is 13.8 Å². The molecule has 1 heterocycles. The van der Waals surface area contributed by atoms with Crippen molar-refractivity contribution in [2.45, 2.75) is 32.7 Å². The molecule has 12 heavy (non-hydrogen) atoms. The van der Waals surface area contributed by atoms with E-state index in [4.69, 9.17) is 5.14 Å². The molecule has 1 rings (SSSR count). The summed E-state index contributed by atoms with van der Waals surface area (Å²) < 4.78 is 23.5. The van der Waals surface area contributed by atoms with Crippen LogP contribution in [0, 0.1) is 5.92 Å². The predicted octanol–water partition coefficient (Wildman–Crippen LogP) is 0.310. The Bertz CT molecular complexity index is 250. The van der Waals surface area contributed by atoms with Crippen LogP contribution in [0.4, 0.5) is 0 Å². The third-order valence-electron chi connectivity index (χ3n) is 2.39. The van der Waals surface area contributed by atoms with Crippen LogP contribution < -0.4 is 5.14 Å². The minimum atomic E-state index is -3.47. The van der Waals surface area contributed by atoms with E-state index in [-0.39, 0.29) is 6.04 Å². The average molecular weight is 192 g/mol. The Hall–Kier alpha value is -0.130. The molecule has 5 heteroatoms. The molecule has 0 spiro atoms. The second kappa shape index (κ2) is 3.32. The fourth-order valence-corrected chi connectivity index (χ4v) is 2.67. The van der Waals surface area contributed by atoms with E-state index < -0.39 is 10.2 Å². The molecule has 2 N–H and O–H groups in total. The largest absolute Gasteiger partial charge is 0.277 e. The summed E-state index contributed by atoms with van der Waals surface area (Å²) in [6.07, 6.45) is 2.00. The molecular weight excluding hydrogens is 176 g/mol. The Morgan fingerprint density at radius 3 is 2.33 bits per heavy atom. The molecule has 0 aliphatic carbocycles. The van der Waals surface area contributed by atoms with Crippen molar-refractivity contribution < 1.29 is 8.42 Å². The van der Waals surface area contributed by atoms with Crippen molar-refractivity contribution in [3.8, 4) is 0 Å². The first-order valence-electron chi connectivity index (χ1n) is 4.21. The van der Waals surface area contributed by atoms with Gasteiger partial charge in [0, 0.05) is 12.6 Å². The van der Waals surface area contributed by atoms with Crippen LogP contribution in [0.3, 0.4) is 0 Å². The van der Waals surface area contributed by atoms with Gasteiger partial charge in [0.1, 0.15) is 0 Å². The van der Waals surface area contributed by atoms with Gasteiger partial charge in [-0.15, -0.1) is 0 Å². The van der Waals surface area contributed by atoms with Gasteiger partial charge >= 0.3 is 0 Å². The quantitative estimate of drug-likeness (QED) is 0.650. The zero-order valence-corrected chi connectivity index (χ0v) is 8.34. The third kappa shape index (κ3) is 2.18. The van der Waals surface area contributed by atoms with Crippen LogP contribution in [0.15, 0.2) is 0 Å². The number of hydrogen-bond acceptors (Lipinski definition) is 2. The molecular formula is C7H16N2O2S. The number of piperidine rings is 1. The monoisotopic (exact) mass is 192 g/mol. The van der Waals surface area contributed by atoms with Crippen molar-refractivity contribution in [3.05, 3.63) is 0 Å². The van der Waals surface area contributed by atoms with Crippen LogP contribution in [-0.2, 0) is 10.2 Å². The van der Waals surface area contributed by atoms with Gasteiger partial charge in [-0.1, -0.05) is 6.92 Å². The van der Waals surface area contributed by atoms with Gasteiger partial charge in [0.25, 0.3) is 10.2 Å². The predicted molar refractivity (Wildman–Crippen MR) is 47.7 cm³/mol. The van der Waals surface area contributed by atoms with Gasteiger partial charge in [-0.05, 0) is 25.7 Å². The average Bonchev–Trinajstić information content (AvgIpc) is 1.92. The van der Waals surface area contributed by atoms with E-state index in [2.05, 4.69) is 0 Å². The molecule has 0 bridgehead atoms. The first-order valence-corrected chi connectivity index (χ1v) is 5.71. The highest BCUT2D eigenvalue weighted by Gasteiger charge is 2.29. The molecule has 1 saturated heterocycles. The maximum atomic E-state index is 11.0. The molecule has 1 aliphatic rings. The lowest BCUT2D eigenvalue weighted by atomic mass is 9.97. The van der Waals surface area contributed by atoms with Crippen molar-refractivity contribution in [2.75, 3.05) is 6.54 Å². The van der Waals surface area contributed by atoms with E-state index >= 15 is 0 Å². The van der Waals surface area contributed by atoms with Crippen molar-refractivity contribution in [1.29, 1.82) is 0 Å². The number of nitrogens with two attached hydrogens (primary N) is 1. The molecule has 0 aromatic heterocycles. The second-order valence-corrected chi connectivity index (χ2v) is 5.15. The van der Waals surface area contributed by atoms with Gasteiger partial charge in [-0.25, -0.2) is 5.14 Å². The lowest BCUT2D eigenvalue weighted by Crippen LogP contribution is -2.47. The molecule has 0 amide bonds. The summed E-state index contributed by atoms with van der Waals surface area (Å²) in [4.78, 5) is 0. The normalized spacial score (nSPS) is 33.6. The molecule has 0 unspecified atom stereocenters. The van der Waals surface area contributed by atoms with E-state index in [1.54, 1.807) is 0 Å². The van der Waals surface area contributed by atoms with Crippen molar-refractivity contribution in [2.24, 2.45) is 11.1 Å². The summed E-state index contributed by atoms with van der Waals surface area (Å²) in [6.45, 7) is 4.51. The maximum absolute atomic E-state index is 11.0. The van der Waals surface area contributed by atoms with Crippen LogP contribution in [0.25, 0.3) is 0 Å². The third-order valence-corrected chi connectivity index (χ3v) is 3.55. The first-order chi connectivity index (χ1) is 5.41. The molecule has 1 fully saturated rings. The van der Waals surface area contributed by atoms with E-state index in [1.165, 1.54) is 4.31 Å². The molecule has 4 nitrogen and oxygen atoms in total. The molecule has 0 aromatic rings. The lowest BCUT2D eigenvalue weighted by molar-refractivity contribution is 0.218. The summed E-state index contributed by atoms with van der Waals surface area (Å²) in [6, 6.07) is 0.0659. The van der Waals surface area contributed by atoms with Gasteiger partial charge < -0.3 is 0 Å². The Kier molecular flexibility index (Phi) is 2.75. The van der Waals surface area contributed by atoms with Gasteiger partial charge in [0.05, 0.1) is 0 Å². The highest BCUT2D eigenvalue weighted by Crippen LogP contribution is 2.22. The topological polar surface area (TPSA) is 63.4 Å². The van der Waals surface area contributed by atoms with Crippen molar-refractivity contribution >= 4 is 10.2 Å². The Labute approximate surface area is 73.9 Å². The zero-order chi connectivity index (χ0) is 9.35. The maximum Gasteiger partial charge on any atom is 0.277 e. The highest BCUT2D eigenvalue weighted by atomic mass is 32.2. The fraction of sp³-hybridized carbons (Fsp3) is 1.00. The molecule has 0 saturated carbocycles. The van der Waals surface area contributed by atoms with Gasteiger partial charge in [-0.3, -0.25) is 0 Å². The molecule has 72 valence electrons. The first kappa shape index (κ1) is 9.95. The summed E-state index contributed by atoms with van der Waals surface area (Å²) in [5.74, 6) is 0.430. The highest BCUT2D eigenvalue weighted by molar-refractivity contribution is 7.86. The van der Waals surface area contributed by atoms with Gasteiger partial charge in [0.2, 0.25) is 0 Å². The smallest absolute Gasteiger partial charge is 0.216 e. The molecule has 0 aromatic carbocycles. The summed E-state index contributed by atoms with van der Waals surface area (Å²) in [5, 5.41) is 5.06. The Morgan fingerprint density at radius 2 is 1.92 bits per heavy atom. The van der Waals surface area contributed by atoms with Crippen molar-refractivity contribution in [1.82, 2.24) is 4.31 Å². The summed E-state index contributed by atoms with van der Waals surface area (Å²) in [5.41, 5.74) is 0. The Morgan fingerprint density at radius 1 is 1.33 bits per heavy atom. The molecule has 1 aliphatic heterocycles.